The zero-order valence-corrected chi connectivity index (χ0v) is 6.73. The standard InChI is InChI=1S/C8H10OS/c1-9-6-2-4-8-5-3-7-10-8/h2-3,5-7H,4H2,1H3. The highest BCUT2D eigenvalue weighted by Gasteiger charge is 1.86. The first-order chi connectivity index (χ1) is 4.93. The molecule has 1 heterocycles. The second-order valence-electron chi connectivity index (χ2n) is 1.89. The summed E-state index contributed by atoms with van der Waals surface area (Å²) < 4.78 is 4.76. The summed E-state index contributed by atoms with van der Waals surface area (Å²) in [5.74, 6) is 0. The highest BCUT2D eigenvalue weighted by atomic mass is 32.1. The van der Waals surface area contributed by atoms with Gasteiger partial charge in [0.15, 0.2) is 0 Å². The molecule has 0 spiro atoms. The van der Waals surface area contributed by atoms with E-state index in [1.165, 1.54) is 4.88 Å². The molecule has 0 radical (unpaired) electrons. The molecular formula is C8H10OS. The SMILES string of the molecule is COC=CCc1cccs1. The van der Waals surface area contributed by atoms with Gasteiger partial charge in [0.1, 0.15) is 0 Å². The minimum Gasteiger partial charge on any atom is -0.505 e. The van der Waals surface area contributed by atoms with Crippen LogP contribution < -0.4 is 0 Å². The predicted molar refractivity (Wildman–Crippen MR) is 44.2 cm³/mol. The average molecular weight is 154 g/mol. The van der Waals surface area contributed by atoms with E-state index in [-0.39, 0.29) is 0 Å². The van der Waals surface area contributed by atoms with E-state index in [9.17, 15) is 0 Å². The molecule has 0 aliphatic carbocycles. The molecule has 1 nitrogen and oxygen atoms in total. The Hall–Kier alpha value is -0.760. The summed E-state index contributed by atoms with van der Waals surface area (Å²) in [6, 6.07) is 4.17. The first kappa shape index (κ1) is 7.35. The lowest BCUT2D eigenvalue weighted by Crippen LogP contribution is -1.72. The van der Waals surface area contributed by atoms with Crippen molar-refractivity contribution >= 4 is 11.3 Å². The summed E-state index contributed by atoms with van der Waals surface area (Å²) in [5, 5.41) is 2.08. The van der Waals surface area contributed by atoms with Gasteiger partial charge in [0, 0.05) is 11.3 Å². The van der Waals surface area contributed by atoms with Gasteiger partial charge in [-0.1, -0.05) is 6.07 Å². The Morgan fingerprint density at radius 1 is 1.70 bits per heavy atom. The van der Waals surface area contributed by atoms with E-state index in [0.717, 1.165) is 6.42 Å². The molecule has 2 heteroatoms. The van der Waals surface area contributed by atoms with Gasteiger partial charge < -0.3 is 4.74 Å². The maximum atomic E-state index is 4.76. The Balaban J connectivity index is 2.34. The van der Waals surface area contributed by atoms with Crippen molar-refractivity contribution in [3.05, 3.63) is 34.7 Å². The molecule has 0 unspecified atom stereocenters. The van der Waals surface area contributed by atoms with E-state index < -0.39 is 0 Å². The number of ether oxygens (including phenoxy) is 1. The number of hydrogen-bond acceptors (Lipinski definition) is 2. The van der Waals surface area contributed by atoms with Crippen LogP contribution in [0.4, 0.5) is 0 Å². The minimum atomic E-state index is 0.978. The lowest BCUT2D eigenvalue weighted by atomic mass is 10.3. The molecule has 1 aromatic heterocycles. The summed E-state index contributed by atoms with van der Waals surface area (Å²) in [7, 11) is 1.66. The van der Waals surface area contributed by atoms with E-state index in [0.29, 0.717) is 0 Å². The topological polar surface area (TPSA) is 9.23 Å². The molecule has 0 fully saturated rings. The van der Waals surface area contributed by atoms with Gasteiger partial charge in [-0.2, -0.15) is 0 Å². The van der Waals surface area contributed by atoms with E-state index in [2.05, 4.69) is 17.5 Å². The molecule has 54 valence electrons. The Morgan fingerprint density at radius 2 is 2.60 bits per heavy atom. The Labute approximate surface area is 65.0 Å². The van der Waals surface area contributed by atoms with E-state index >= 15 is 0 Å². The smallest absolute Gasteiger partial charge is 0.0788 e. The van der Waals surface area contributed by atoms with Crippen LogP contribution >= 0.6 is 11.3 Å². The van der Waals surface area contributed by atoms with Gasteiger partial charge in [-0.25, -0.2) is 0 Å². The summed E-state index contributed by atoms with van der Waals surface area (Å²) in [6.07, 6.45) is 4.69. The average Bonchev–Trinajstić information content (AvgIpc) is 2.41. The molecule has 0 atom stereocenters. The van der Waals surface area contributed by atoms with Gasteiger partial charge in [0.25, 0.3) is 0 Å². The number of allylic oxidation sites excluding steroid dienone is 1. The third-order valence-corrected chi connectivity index (χ3v) is 2.03. The summed E-state index contributed by atoms with van der Waals surface area (Å²) >= 11 is 1.77. The molecule has 0 aliphatic rings. The number of rotatable bonds is 3. The molecule has 0 N–H and O–H groups in total. The van der Waals surface area contributed by atoms with Crippen molar-refractivity contribution < 1.29 is 4.74 Å². The molecule has 0 saturated heterocycles. The maximum Gasteiger partial charge on any atom is 0.0788 e. The van der Waals surface area contributed by atoms with Crippen LogP contribution in [0.5, 0.6) is 0 Å². The predicted octanol–water partition coefficient (Wildman–Crippen LogP) is 2.45. The van der Waals surface area contributed by atoms with Gasteiger partial charge in [-0.3, -0.25) is 0 Å². The molecule has 10 heavy (non-hydrogen) atoms. The highest BCUT2D eigenvalue weighted by Crippen LogP contribution is 2.08. The summed E-state index contributed by atoms with van der Waals surface area (Å²) in [4.78, 5) is 1.37. The highest BCUT2D eigenvalue weighted by molar-refractivity contribution is 7.09. The van der Waals surface area contributed by atoms with Crippen molar-refractivity contribution in [1.82, 2.24) is 0 Å². The van der Waals surface area contributed by atoms with Crippen LogP contribution in [0.15, 0.2) is 29.9 Å². The van der Waals surface area contributed by atoms with Gasteiger partial charge in [0.05, 0.1) is 13.4 Å². The van der Waals surface area contributed by atoms with Crippen molar-refractivity contribution in [2.45, 2.75) is 6.42 Å². The van der Waals surface area contributed by atoms with Gasteiger partial charge in [0.2, 0.25) is 0 Å². The first-order valence-electron chi connectivity index (χ1n) is 3.13. The fourth-order valence-electron chi connectivity index (χ4n) is 0.689. The number of hydrogen-bond donors (Lipinski definition) is 0. The van der Waals surface area contributed by atoms with Crippen molar-refractivity contribution in [2.24, 2.45) is 0 Å². The van der Waals surface area contributed by atoms with Crippen LogP contribution in [0.3, 0.4) is 0 Å². The first-order valence-corrected chi connectivity index (χ1v) is 4.01. The summed E-state index contributed by atoms with van der Waals surface area (Å²) in [5.41, 5.74) is 0. The molecule has 0 aliphatic heterocycles. The lowest BCUT2D eigenvalue weighted by molar-refractivity contribution is 0.337. The molecule has 0 saturated carbocycles. The second kappa shape index (κ2) is 4.12. The van der Waals surface area contributed by atoms with Crippen molar-refractivity contribution in [3.8, 4) is 0 Å². The Bertz CT molecular complexity index is 189. The van der Waals surface area contributed by atoms with Gasteiger partial charge >= 0.3 is 0 Å². The maximum absolute atomic E-state index is 4.76. The van der Waals surface area contributed by atoms with Crippen LogP contribution in [0.2, 0.25) is 0 Å². The zero-order chi connectivity index (χ0) is 7.23. The molecule has 1 rings (SSSR count). The molecule has 0 bridgehead atoms. The fourth-order valence-corrected chi connectivity index (χ4v) is 1.37. The van der Waals surface area contributed by atoms with Crippen LogP contribution in [0, 0.1) is 0 Å². The minimum absolute atomic E-state index is 0.978. The molecular weight excluding hydrogens is 144 g/mol. The Kier molecular flexibility index (Phi) is 3.03. The largest absolute Gasteiger partial charge is 0.505 e. The van der Waals surface area contributed by atoms with Crippen molar-refractivity contribution in [1.29, 1.82) is 0 Å². The Morgan fingerprint density at radius 3 is 3.20 bits per heavy atom. The van der Waals surface area contributed by atoms with Crippen LogP contribution in [0.1, 0.15) is 4.88 Å². The molecule has 1 aromatic rings. The normalized spacial score (nSPS) is 10.5. The van der Waals surface area contributed by atoms with Crippen molar-refractivity contribution in [3.63, 3.8) is 0 Å². The zero-order valence-electron chi connectivity index (χ0n) is 5.91. The molecule has 0 amide bonds. The van der Waals surface area contributed by atoms with Gasteiger partial charge in [-0.05, 0) is 17.5 Å². The van der Waals surface area contributed by atoms with E-state index in [1.807, 2.05) is 6.08 Å². The monoisotopic (exact) mass is 154 g/mol. The van der Waals surface area contributed by atoms with Crippen LogP contribution in [-0.4, -0.2) is 7.11 Å². The fraction of sp³-hybridized carbons (Fsp3) is 0.250. The van der Waals surface area contributed by atoms with E-state index in [4.69, 9.17) is 4.74 Å². The third-order valence-electron chi connectivity index (χ3n) is 1.13. The lowest BCUT2D eigenvalue weighted by Gasteiger charge is -1.86. The van der Waals surface area contributed by atoms with Crippen LogP contribution in [-0.2, 0) is 11.2 Å². The van der Waals surface area contributed by atoms with E-state index in [1.54, 1.807) is 24.7 Å². The second-order valence-corrected chi connectivity index (χ2v) is 2.92. The summed E-state index contributed by atoms with van der Waals surface area (Å²) in [6.45, 7) is 0. The molecule has 0 aromatic carbocycles. The number of thiophene rings is 1. The quantitative estimate of drug-likeness (QED) is 0.608. The van der Waals surface area contributed by atoms with Crippen LogP contribution in [0.25, 0.3) is 0 Å². The van der Waals surface area contributed by atoms with Gasteiger partial charge in [-0.15, -0.1) is 11.3 Å². The number of methoxy groups -OCH3 is 1. The van der Waals surface area contributed by atoms with Crippen molar-refractivity contribution in [2.75, 3.05) is 7.11 Å². The third kappa shape index (κ3) is 2.23.